The molecule has 3 nitrogen and oxygen atoms in total. The predicted molar refractivity (Wildman–Crippen MR) is 93.7 cm³/mol. The number of halogens is 6. The highest BCUT2D eigenvalue weighted by molar-refractivity contribution is 6.26. The standard InChI is InChI=1S/C20H12ClF5N2O/c21-19(25)14(23)13(22)17(24)15(11-7-3-1-4-8-11)27-28-20(17,26)18(19)16(29-18)12-9-5-2-6-10-12/h1-10,15-16H/t15-,16?,17-,18?,19?,20-/m1/s1. The van der Waals surface area contributed by atoms with Crippen LogP contribution in [0.3, 0.4) is 0 Å². The third-order valence-corrected chi connectivity index (χ3v) is 6.20. The summed E-state index contributed by atoms with van der Waals surface area (Å²) in [5.74, 6) is -8.33. The summed E-state index contributed by atoms with van der Waals surface area (Å²) in [6, 6.07) is 13.0. The molecule has 150 valence electrons. The maximum absolute atomic E-state index is 16.2. The van der Waals surface area contributed by atoms with Gasteiger partial charge in [0.05, 0.1) is 0 Å². The Hall–Kier alpha value is -2.32. The molecule has 0 saturated carbocycles. The third kappa shape index (κ3) is 1.96. The summed E-state index contributed by atoms with van der Waals surface area (Å²) in [7, 11) is 0. The van der Waals surface area contributed by atoms with Crippen molar-refractivity contribution in [3.63, 3.8) is 0 Å². The number of nitrogens with zero attached hydrogens (tertiary/aromatic N) is 2. The first-order chi connectivity index (χ1) is 13.7. The van der Waals surface area contributed by atoms with Crippen LogP contribution in [0.5, 0.6) is 0 Å². The van der Waals surface area contributed by atoms with Gasteiger partial charge in [-0.2, -0.15) is 5.11 Å². The fourth-order valence-electron chi connectivity index (χ4n) is 4.25. The number of benzene rings is 2. The normalized spacial score (nSPS) is 43.0. The molecule has 1 fully saturated rings. The summed E-state index contributed by atoms with van der Waals surface area (Å²) < 4.78 is 82.6. The van der Waals surface area contributed by atoms with E-state index >= 15 is 13.2 Å². The fraction of sp³-hybridized carbons (Fsp3) is 0.300. The van der Waals surface area contributed by atoms with Crippen molar-refractivity contribution in [1.82, 2.24) is 0 Å². The van der Waals surface area contributed by atoms with Crippen LogP contribution in [-0.4, -0.2) is 22.2 Å². The molecule has 0 radical (unpaired) electrons. The Balaban J connectivity index is 1.73. The summed E-state index contributed by atoms with van der Waals surface area (Å²) >= 11 is 5.66. The van der Waals surface area contributed by atoms with E-state index in [1.807, 2.05) is 0 Å². The lowest BCUT2D eigenvalue weighted by atomic mass is 9.68. The average molecular weight is 427 g/mol. The van der Waals surface area contributed by atoms with Crippen LogP contribution < -0.4 is 0 Å². The van der Waals surface area contributed by atoms with E-state index in [-0.39, 0.29) is 11.1 Å². The molecule has 29 heavy (non-hydrogen) atoms. The Labute approximate surface area is 166 Å². The molecule has 5 rings (SSSR count). The second-order valence-corrected chi connectivity index (χ2v) is 7.73. The number of ether oxygens (including phenoxy) is 1. The van der Waals surface area contributed by atoms with Crippen LogP contribution in [0.2, 0.25) is 0 Å². The van der Waals surface area contributed by atoms with Gasteiger partial charge in [-0.1, -0.05) is 72.3 Å². The molecule has 0 N–H and O–H groups in total. The van der Waals surface area contributed by atoms with Crippen LogP contribution in [0.4, 0.5) is 22.0 Å². The van der Waals surface area contributed by atoms with Crippen molar-refractivity contribution in [2.45, 2.75) is 34.3 Å². The van der Waals surface area contributed by atoms with Crippen molar-refractivity contribution in [3.05, 3.63) is 83.4 Å². The highest BCUT2D eigenvalue weighted by Crippen LogP contribution is 2.77. The van der Waals surface area contributed by atoms with Crippen LogP contribution in [0.1, 0.15) is 23.3 Å². The van der Waals surface area contributed by atoms with Gasteiger partial charge in [0.2, 0.25) is 5.60 Å². The molecule has 3 aliphatic rings. The first-order valence-electron chi connectivity index (χ1n) is 8.73. The van der Waals surface area contributed by atoms with Gasteiger partial charge in [0.15, 0.2) is 11.7 Å². The van der Waals surface area contributed by atoms with Crippen LogP contribution in [-0.2, 0) is 4.74 Å². The van der Waals surface area contributed by atoms with Crippen LogP contribution in [0.15, 0.2) is 82.5 Å². The van der Waals surface area contributed by atoms with Gasteiger partial charge >= 0.3 is 0 Å². The summed E-state index contributed by atoms with van der Waals surface area (Å²) in [5, 5.41) is 2.99. The Morgan fingerprint density at radius 2 is 1.38 bits per heavy atom. The van der Waals surface area contributed by atoms with Gasteiger partial charge in [-0.3, -0.25) is 0 Å². The summed E-state index contributed by atoms with van der Waals surface area (Å²) in [6.07, 6.45) is -1.50. The molecular formula is C20H12ClF5N2O. The van der Waals surface area contributed by atoms with E-state index < -0.39 is 46.0 Å². The highest BCUT2D eigenvalue weighted by Gasteiger charge is 2.94. The molecule has 0 aromatic heterocycles. The maximum Gasteiger partial charge on any atom is 0.298 e. The SMILES string of the molecule is FC1=C(F)[C@@]2(F)[C@@H](c3ccccc3)N=N[C@@]2(F)C2(OC2c2ccccc2)C1(F)Cl. The zero-order valence-corrected chi connectivity index (χ0v) is 15.3. The van der Waals surface area contributed by atoms with Crippen molar-refractivity contribution in [2.24, 2.45) is 10.2 Å². The summed E-state index contributed by atoms with van der Waals surface area (Å²) in [6.45, 7) is 0. The van der Waals surface area contributed by atoms with E-state index in [0.717, 1.165) is 0 Å². The van der Waals surface area contributed by atoms with E-state index in [2.05, 4.69) is 10.2 Å². The monoisotopic (exact) mass is 426 g/mol. The molecule has 2 heterocycles. The molecule has 9 heteroatoms. The Morgan fingerprint density at radius 3 is 1.97 bits per heavy atom. The largest absolute Gasteiger partial charge is 0.350 e. The minimum Gasteiger partial charge on any atom is -0.350 e. The topological polar surface area (TPSA) is 37.2 Å². The maximum atomic E-state index is 16.2. The molecule has 0 bridgehead atoms. The first-order valence-corrected chi connectivity index (χ1v) is 9.11. The quantitative estimate of drug-likeness (QED) is 0.246. The number of hydrogen-bond acceptors (Lipinski definition) is 3. The molecule has 0 amide bonds. The molecular weight excluding hydrogens is 415 g/mol. The highest BCUT2D eigenvalue weighted by atomic mass is 35.5. The number of epoxide rings is 1. The van der Waals surface area contributed by atoms with Gasteiger partial charge < -0.3 is 4.74 Å². The molecule has 3 unspecified atom stereocenters. The Bertz CT molecular complexity index is 1050. The zero-order chi connectivity index (χ0) is 20.7. The second kappa shape index (κ2) is 5.64. The van der Waals surface area contributed by atoms with Gasteiger partial charge in [0.25, 0.3) is 16.6 Å². The van der Waals surface area contributed by atoms with Crippen molar-refractivity contribution in [3.8, 4) is 0 Å². The van der Waals surface area contributed by atoms with E-state index in [4.69, 9.17) is 16.3 Å². The number of rotatable bonds is 2. The lowest BCUT2D eigenvalue weighted by Crippen LogP contribution is -2.66. The van der Waals surface area contributed by atoms with Crippen molar-refractivity contribution >= 4 is 11.6 Å². The van der Waals surface area contributed by atoms with Gasteiger partial charge in [0, 0.05) is 0 Å². The summed E-state index contributed by atoms with van der Waals surface area (Å²) in [4.78, 5) is 0. The fourth-order valence-corrected chi connectivity index (χ4v) is 4.61. The minimum atomic E-state index is -3.83. The molecule has 6 atom stereocenters. The molecule has 2 aliphatic heterocycles. The van der Waals surface area contributed by atoms with Gasteiger partial charge in [-0.15, -0.1) is 5.11 Å². The molecule has 2 aromatic carbocycles. The third-order valence-electron chi connectivity index (χ3n) is 5.75. The lowest BCUT2D eigenvalue weighted by Gasteiger charge is -2.43. The van der Waals surface area contributed by atoms with E-state index in [0.29, 0.717) is 0 Å². The lowest BCUT2D eigenvalue weighted by molar-refractivity contribution is -0.119. The molecule has 1 saturated heterocycles. The van der Waals surface area contributed by atoms with E-state index in [1.165, 1.54) is 36.4 Å². The van der Waals surface area contributed by atoms with E-state index in [1.54, 1.807) is 24.3 Å². The van der Waals surface area contributed by atoms with Crippen LogP contribution in [0, 0.1) is 0 Å². The van der Waals surface area contributed by atoms with Gasteiger partial charge in [-0.25, -0.2) is 22.0 Å². The molecule has 2 aromatic rings. The summed E-state index contributed by atoms with van der Waals surface area (Å²) in [5.41, 5.74) is -6.49. The average Bonchev–Trinajstić information content (AvgIpc) is 3.45. The smallest absolute Gasteiger partial charge is 0.298 e. The Kier molecular flexibility index (Phi) is 3.63. The Morgan fingerprint density at radius 1 is 0.828 bits per heavy atom. The minimum absolute atomic E-state index is 0.0363. The number of hydrogen-bond donors (Lipinski definition) is 0. The van der Waals surface area contributed by atoms with Crippen molar-refractivity contribution in [1.29, 1.82) is 0 Å². The zero-order valence-electron chi connectivity index (χ0n) is 14.5. The molecule has 1 aliphatic carbocycles. The van der Waals surface area contributed by atoms with Gasteiger partial charge in [0.1, 0.15) is 12.1 Å². The number of alkyl halides is 4. The predicted octanol–water partition coefficient (Wildman–Crippen LogP) is 6.15. The molecule has 1 spiro atoms. The van der Waals surface area contributed by atoms with Crippen molar-refractivity contribution in [2.75, 3.05) is 0 Å². The first kappa shape index (κ1) is 18.7. The van der Waals surface area contributed by atoms with Crippen molar-refractivity contribution < 1.29 is 26.7 Å². The second-order valence-electron chi connectivity index (χ2n) is 7.21. The number of fused-ring (bicyclic) bond motifs is 2. The van der Waals surface area contributed by atoms with Crippen LogP contribution in [0.25, 0.3) is 0 Å². The van der Waals surface area contributed by atoms with E-state index in [9.17, 15) is 8.78 Å². The number of azo groups is 1. The van der Waals surface area contributed by atoms with Crippen LogP contribution >= 0.6 is 11.6 Å². The van der Waals surface area contributed by atoms with Gasteiger partial charge in [-0.05, 0) is 11.1 Å².